The Kier molecular flexibility index (Phi) is 4.19. The van der Waals surface area contributed by atoms with Crippen LogP contribution in [0.2, 0.25) is 0 Å². The number of fused-ring (bicyclic) bond motifs is 1. The van der Waals surface area contributed by atoms with Gasteiger partial charge in [0, 0.05) is 32.2 Å². The lowest BCUT2D eigenvalue weighted by atomic mass is 10.0. The molecule has 104 valence electrons. The number of hydrogen-bond donors (Lipinski definition) is 1. The van der Waals surface area contributed by atoms with Crippen LogP contribution >= 0.6 is 0 Å². The van der Waals surface area contributed by atoms with E-state index in [1.54, 1.807) is 11.1 Å². The summed E-state index contributed by atoms with van der Waals surface area (Å²) < 4.78 is 0. The van der Waals surface area contributed by atoms with Gasteiger partial charge in [-0.15, -0.1) is 0 Å². The van der Waals surface area contributed by atoms with Crippen LogP contribution in [0.15, 0.2) is 18.2 Å². The molecular weight excluding hydrogens is 232 g/mol. The molecule has 0 radical (unpaired) electrons. The minimum Gasteiger partial charge on any atom is -0.314 e. The Balaban J connectivity index is 1.69. The first-order valence-electron chi connectivity index (χ1n) is 7.92. The van der Waals surface area contributed by atoms with Gasteiger partial charge in [0.05, 0.1) is 0 Å². The van der Waals surface area contributed by atoms with E-state index in [2.05, 4.69) is 35.3 Å². The van der Waals surface area contributed by atoms with Gasteiger partial charge in [0.25, 0.3) is 0 Å². The van der Waals surface area contributed by atoms with Crippen LogP contribution in [0.1, 0.15) is 42.9 Å². The summed E-state index contributed by atoms with van der Waals surface area (Å²) in [6.45, 7) is 6.94. The van der Waals surface area contributed by atoms with Gasteiger partial charge < -0.3 is 5.32 Å². The summed E-state index contributed by atoms with van der Waals surface area (Å²) in [6.07, 6.45) is 6.54. The van der Waals surface area contributed by atoms with E-state index in [4.69, 9.17) is 0 Å². The Labute approximate surface area is 117 Å². The topological polar surface area (TPSA) is 15.3 Å². The lowest BCUT2D eigenvalue weighted by Crippen LogP contribution is -2.50. The highest BCUT2D eigenvalue weighted by atomic mass is 15.2. The quantitative estimate of drug-likeness (QED) is 0.893. The monoisotopic (exact) mass is 258 g/mol. The molecule has 19 heavy (non-hydrogen) atoms. The number of nitrogens with zero attached hydrogens (tertiary/aromatic N) is 1. The third-order valence-corrected chi connectivity index (χ3v) is 4.64. The van der Waals surface area contributed by atoms with Crippen LogP contribution in [0.3, 0.4) is 0 Å². The average molecular weight is 258 g/mol. The van der Waals surface area contributed by atoms with Crippen LogP contribution in [0, 0.1) is 0 Å². The maximum atomic E-state index is 3.54. The third-order valence-electron chi connectivity index (χ3n) is 4.64. The maximum absolute atomic E-state index is 3.54. The van der Waals surface area contributed by atoms with Crippen LogP contribution in [0.25, 0.3) is 0 Å². The van der Waals surface area contributed by atoms with E-state index < -0.39 is 0 Å². The van der Waals surface area contributed by atoms with Crippen molar-refractivity contribution in [2.24, 2.45) is 0 Å². The van der Waals surface area contributed by atoms with E-state index in [0.717, 1.165) is 19.1 Å². The largest absolute Gasteiger partial charge is 0.314 e. The van der Waals surface area contributed by atoms with Gasteiger partial charge in [-0.2, -0.15) is 0 Å². The SMILES string of the molecule is CCCC1CNCCN1Cc1ccc2c(c1)CCC2. The molecule has 2 heteroatoms. The van der Waals surface area contributed by atoms with Gasteiger partial charge in [0.1, 0.15) is 0 Å². The normalized spacial score (nSPS) is 23.5. The second-order valence-corrected chi connectivity index (χ2v) is 6.07. The number of nitrogens with one attached hydrogen (secondary N) is 1. The van der Waals surface area contributed by atoms with E-state index in [0.29, 0.717) is 0 Å². The van der Waals surface area contributed by atoms with Crippen LogP contribution in [0.5, 0.6) is 0 Å². The van der Waals surface area contributed by atoms with Gasteiger partial charge in [0.15, 0.2) is 0 Å². The molecule has 1 saturated heterocycles. The molecule has 1 unspecified atom stereocenters. The molecule has 0 saturated carbocycles. The van der Waals surface area contributed by atoms with E-state index in [-0.39, 0.29) is 0 Å². The van der Waals surface area contributed by atoms with Crippen LogP contribution < -0.4 is 5.32 Å². The molecule has 2 aliphatic rings. The van der Waals surface area contributed by atoms with Crippen molar-refractivity contribution in [1.82, 2.24) is 10.2 Å². The third kappa shape index (κ3) is 3.01. The molecular formula is C17H26N2. The summed E-state index contributed by atoms with van der Waals surface area (Å²) >= 11 is 0. The van der Waals surface area contributed by atoms with Crippen molar-refractivity contribution in [1.29, 1.82) is 0 Å². The molecule has 1 atom stereocenters. The van der Waals surface area contributed by atoms with Crippen LogP contribution in [0.4, 0.5) is 0 Å². The zero-order valence-electron chi connectivity index (χ0n) is 12.1. The summed E-state index contributed by atoms with van der Waals surface area (Å²) in [5.74, 6) is 0. The highest BCUT2D eigenvalue weighted by molar-refractivity contribution is 5.35. The van der Waals surface area contributed by atoms with Crippen molar-refractivity contribution in [3.05, 3.63) is 34.9 Å². The molecule has 2 nitrogen and oxygen atoms in total. The average Bonchev–Trinajstić information content (AvgIpc) is 2.89. The number of hydrogen-bond acceptors (Lipinski definition) is 2. The standard InChI is InChI=1S/C17H26N2/c1-2-4-17-12-18-9-10-19(17)13-14-7-8-15-5-3-6-16(15)11-14/h7-8,11,17-18H,2-6,9-10,12-13H2,1H3. The molecule has 1 aromatic rings. The highest BCUT2D eigenvalue weighted by Gasteiger charge is 2.21. The molecule has 0 amide bonds. The molecule has 1 fully saturated rings. The fraction of sp³-hybridized carbons (Fsp3) is 0.647. The molecule has 3 rings (SSSR count). The Morgan fingerprint density at radius 3 is 3.05 bits per heavy atom. The summed E-state index contributed by atoms with van der Waals surface area (Å²) in [7, 11) is 0. The van der Waals surface area contributed by atoms with E-state index >= 15 is 0 Å². The predicted octanol–water partition coefficient (Wildman–Crippen LogP) is 2.75. The number of piperazine rings is 1. The molecule has 1 heterocycles. The van der Waals surface area contributed by atoms with Crippen LogP contribution in [-0.2, 0) is 19.4 Å². The number of benzene rings is 1. The lowest BCUT2D eigenvalue weighted by molar-refractivity contribution is 0.144. The molecule has 1 N–H and O–H groups in total. The Hall–Kier alpha value is -0.860. The van der Waals surface area contributed by atoms with E-state index in [1.165, 1.54) is 50.8 Å². The van der Waals surface area contributed by atoms with Gasteiger partial charge in [-0.3, -0.25) is 4.90 Å². The molecule has 0 spiro atoms. The minimum atomic E-state index is 0.729. The Bertz CT molecular complexity index is 425. The summed E-state index contributed by atoms with van der Waals surface area (Å²) in [4.78, 5) is 2.68. The molecule has 1 aromatic carbocycles. The zero-order chi connectivity index (χ0) is 13.1. The van der Waals surface area contributed by atoms with Crippen molar-refractivity contribution in [2.45, 2.75) is 51.6 Å². The summed E-state index contributed by atoms with van der Waals surface area (Å²) in [6, 6.07) is 7.92. The Morgan fingerprint density at radius 2 is 2.16 bits per heavy atom. The first kappa shape index (κ1) is 13.1. The fourth-order valence-electron chi connectivity index (χ4n) is 3.59. The smallest absolute Gasteiger partial charge is 0.0237 e. The second-order valence-electron chi connectivity index (χ2n) is 6.07. The number of aryl methyl sites for hydroxylation is 2. The van der Waals surface area contributed by atoms with Gasteiger partial charge in [-0.1, -0.05) is 31.5 Å². The second kappa shape index (κ2) is 6.06. The molecule has 0 bridgehead atoms. The van der Waals surface area contributed by atoms with Crippen molar-refractivity contribution < 1.29 is 0 Å². The van der Waals surface area contributed by atoms with E-state index in [1.807, 2.05) is 0 Å². The summed E-state index contributed by atoms with van der Waals surface area (Å²) in [5, 5.41) is 3.54. The van der Waals surface area contributed by atoms with Crippen molar-refractivity contribution >= 4 is 0 Å². The first-order chi connectivity index (χ1) is 9.36. The number of rotatable bonds is 4. The van der Waals surface area contributed by atoms with Gasteiger partial charge >= 0.3 is 0 Å². The van der Waals surface area contributed by atoms with E-state index in [9.17, 15) is 0 Å². The highest BCUT2D eigenvalue weighted by Crippen LogP contribution is 2.24. The maximum Gasteiger partial charge on any atom is 0.0237 e. The Morgan fingerprint density at radius 1 is 1.26 bits per heavy atom. The minimum absolute atomic E-state index is 0.729. The molecule has 0 aromatic heterocycles. The van der Waals surface area contributed by atoms with Crippen molar-refractivity contribution in [2.75, 3.05) is 19.6 Å². The van der Waals surface area contributed by atoms with Crippen molar-refractivity contribution in [3.63, 3.8) is 0 Å². The predicted molar refractivity (Wildman–Crippen MR) is 80.4 cm³/mol. The van der Waals surface area contributed by atoms with Gasteiger partial charge in [-0.05, 0) is 42.4 Å². The zero-order valence-corrected chi connectivity index (χ0v) is 12.1. The van der Waals surface area contributed by atoms with Crippen molar-refractivity contribution in [3.8, 4) is 0 Å². The fourth-order valence-corrected chi connectivity index (χ4v) is 3.59. The molecule has 1 aliphatic carbocycles. The lowest BCUT2D eigenvalue weighted by Gasteiger charge is -2.36. The van der Waals surface area contributed by atoms with Gasteiger partial charge in [0.2, 0.25) is 0 Å². The first-order valence-corrected chi connectivity index (χ1v) is 7.92. The van der Waals surface area contributed by atoms with Gasteiger partial charge in [-0.25, -0.2) is 0 Å². The summed E-state index contributed by atoms with van der Waals surface area (Å²) in [5.41, 5.74) is 4.72. The molecule has 1 aliphatic heterocycles. The van der Waals surface area contributed by atoms with Crippen LogP contribution in [-0.4, -0.2) is 30.6 Å².